The standard InChI is InChI=1S/C9H8O4/c1-5-4-6(10)9-7(12-5)2-3-8(11)13-9/h4H,2-3H2,1H3. The molecule has 4 heteroatoms. The Hall–Kier alpha value is -1.58. The van der Waals surface area contributed by atoms with Crippen molar-refractivity contribution >= 4 is 5.97 Å². The molecule has 4 nitrogen and oxygen atoms in total. The summed E-state index contributed by atoms with van der Waals surface area (Å²) in [5.74, 6) is 0.705. The third-order valence-corrected chi connectivity index (χ3v) is 1.87. The highest BCUT2D eigenvalue weighted by Crippen LogP contribution is 2.21. The van der Waals surface area contributed by atoms with Crippen LogP contribution in [0.3, 0.4) is 0 Å². The van der Waals surface area contributed by atoms with E-state index in [9.17, 15) is 9.59 Å². The average Bonchev–Trinajstić information content (AvgIpc) is 2.06. The first kappa shape index (κ1) is 8.04. The Bertz CT molecular complexity index is 416. The van der Waals surface area contributed by atoms with Crippen molar-refractivity contribution in [3.05, 3.63) is 27.8 Å². The van der Waals surface area contributed by atoms with Crippen LogP contribution in [0.4, 0.5) is 0 Å². The number of carbonyl (C=O) groups is 1. The van der Waals surface area contributed by atoms with Crippen molar-refractivity contribution in [1.29, 1.82) is 0 Å². The molecule has 0 atom stereocenters. The summed E-state index contributed by atoms with van der Waals surface area (Å²) in [6, 6.07) is 1.32. The molecular weight excluding hydrogens is 172 g/mol. The predicted octanol–water partition coefficient (Wildman–Crippen LogP) is 0.800. The molecule has 68 valence electrons. The van der Waals surface area contributed by atoms with E-state index >= 15 is 0 Å². The molecule has 13 heavy (non-hydrogen) atoms. The first-order valence-electron chi connectivity index (χ1n) is 4.01. The van der Waals surface area contributed by atoms with Crippen LogP contribution in [0.2, 0.25) is 0 Å². The Morgan fingerprint density at radius 3 is 2.85 bits per heavy atom. The maximum atomic E-state index is 11.3. The minimum Gasteiger partial charge on any atom is -0.462 e. The normalized spacial score (nSPS) is 15.0. The van der Waals surface area contributed by atoms with Gasteiger partial charge < -0.3 is 9.15 Å². The topological polar surface area (TPSA) is 56.5 Å². The number of hydrogen-bond acceptors (Lipinski definition) is 4. The molecule has 2 rings (SSSR count). The largest absolute Gasteiger partial charge is 0.462 e. The van der Waals surface area contributed by atoms with Crippen LogP contribution in [-0.4, -0.2) is 5.97 Å². The van der Waals surface area contributed by atoms with Gasteiger partial charge in [-0.15, -0.1) is 0 Å². The number of aryl methyl sites for hydroxylation is 2. The van der Waals surface area contributed by atoms with Crippen LogP contribution < -0.4 is 10.2 Å². The smallest absolute Gasteiger partial charge is 0.311 e. The minimum absolute atomic E-state index is 0.0573. The van der Waals surface area contributed by atoms with Gasteiger partial charge in [-0.3, -0.25) is 9.59 Å². The lowest BCUT2D eigenvalue weighted by atomic mass is 10.2. The first-order valence-corrected chi connectivity index (χ1v) is 4.01. The van der Waals surface area contributed by atoms with Gasteiger partial charge in [0.25, 0.3) is 0 Å². The van der Waals surface area contributed by atoms with E-state index < -0.39 is 0 Å². The van der Waals surface area contributed by atoms with Crippen LogP contribution in [-0.2, 0) is 11.2 Å². The third kappa shape index (κ3) is 1.35. The highest BCUT2D eigenvalue weighted by Gasteiger charge is 2.22. The van der Waals surface area contributed by atoms with E-state index in [2.05, 4.69) is 0 Å². The van der Waals surface area contributed by atoms with Gasteiger partial charge in [-0.2, -0.15) is 0 Å². The van der Waals surface area contributed by atoms with Crippen LogP contribution in [0.25, 0.3) is 0 Å². The Morgan fingerprint density at radius 1 is 1.31 bits per heavy atom. The summed E-state index contributed by atoms with van der Waals surface area (Å²) in [7, 11) is 0. The highest BCUT2D eigenvalue weighted by atomic mass is 16.5. The van der Waals surface area contributed by atoms with Gasteiger partial charge in [0.1, 0.15) is 5.76 Å². The molecule has 0 saturated heterocycles. The zero-order valence-electron chi connectivity index (χ0n) is 7.12. The average molecular weight is 180 g/mol. The number of rotatable bonds is 0. The second kappa shape index (κ2) is 2.73. The van der Waals surface area contributed by atoms with Gasteiger partial charge >= 0.3 is 5.97 Å². The van der Waals surface area contributed by atoms with Crippen molar-refractivity contribution in [3.63, 3.8) is 0 Å². The van der Waals surface area contributed by atoms with Crippen molar-refractivity contribution in [3.8, 4) is 5.75 Å². The summed E-state index contributed by atoms with van der Waals surface area (Å²) in [5.41, 5.74) is -0.285. The number of hydrogen-bond donors (Lipinski definition) is 0. The molecule has 2 heterocycles. The molecule has 1 aliphatic heterocycles. The zero-order chi connectivity index (χ0) is 9.42. The molecule has 1 aliphatic rings. The van der Waals surface area contributed by atoms with Gasteiger partial charge in [-0.25, -0.2) is 0 Å². The van der Waals surface area contributed by atoms with Gasteiger partial charge in [0, 0.05) is 12.5 Å². The lowest BCUT2D eigenvalue weighted by molar-refractivity contribution is -0.135. The number of carbonyl (C=O) groups excluding carboxylic acids is 1. The second-order valence-electron chi connectivity index (χ2n) is 2.95. The van der Waals surface area contributed by atoms with E-state index in [-0.39, 0.29) is 23.6 Å². The van der Waals surface area contributed by atoms with E-state index in [4.69, 9.17) is 9.15 Å². The molecule has 0 saturated carbocycles. The molecule has 0 bridgehead atoms. The molecule has 0 fully saturated rings. The molecule has 0 aromatic carbocycles. The van der Waals surface area contributed by atoms with Crippen LogP contribution in [0, 0.1) is 6.92 Å². The monoisotopic (exact) mass is 180 g/mol. The predicted molar refractivity (Wildman–Crippen MR) is 43.7 cm³/mol. The fourth-order valence-corrected chi connectivity index (χ4v) is 1.31. The second-order valence-corrected chi connectivity index (χ2v) is 2.95. The summed E-state index contributed by atoms with van der Waals surface area (Å²) >= 11 is 0. The summed E-state index contributed by atoms with van der Waals surface area (Å²) in [6.07, 6.45) is 0.727. The van der Waals surface area contributed by atoms with Gasteiger partial charge in [0.2, 0.25) is 11.2 Å². The van der Waals surface area contributed by atoms with Crippen molar-refractivity contribution in [2.24, 2.45) is 0 Å². The maximum absolute atomic E-state index is 11.3. The van der Waals surface area contributed by atoms with Gasteiger partial charge in [-0.05, 0) is 6.92 Å². The van der Waals surface area contributed by atoms with E-state index in [0.29, 0.717) is 17.9 Å². The van der Waals surface area contributed by atoms with Crippen LogP contribution >= 0.6 is 0 Å². The van der Waals surface area contributed by atoms with Crippen molar-refractivity contribution in [2.45, 2.75) is 19.8 Å². The van der Waals surface area contributed by atoms with Crippen LogP contribution in [0.5, 0.6) is 5.75 Å². The third-order valence-electron chi connectivity index (χ3n) is 1.87. The summed E-state index contributed by atoms with van der Waals surface area (Å²) in [4.78, 5) is 22.2. The SMILES string of the molecule is Cc1cc(=O)c2c(o1)CCC(=O)O2. The molecular formula is C9H8O4. The van der Waals surface area contributed by atoms with Crippen LogP contribution in [0.1, 0.15) is 17.9 Å². The van der Waals surface area contributed by atoms with Gasteiger partial charge in [0.15, 0.2) is 5.76 Å². The van der Waals surface area contributed by atoms with E-state index in [1.807, 2.05) is 0 Å². The van der Waals surface area contributed by atoms with Gasteiger partial charge in [-0.1, -0.05) is 0 Å². The quantitative estimate of drug-likeness (QED) is 0.554. The lowest BCUT2D eigenvalue weighted by Gasteiger charge is -2.12. The molecule has 1 aromatic rings. The Morgan fingerprint density at radius 2 is 2.08 bits per heavy atom. The van der Waals surface area contributed by atoms with Gasteiger partial charge in [0.05, 0.1) is 6.42 Å². The van der Waals surface area contributed by atoms with E-state index in [1.165, 1.54) is 6.07 Å². The molecule has 0 radical (unpaired) electrons. The van der Waals surface area contributed by atoms with Crippen molar-refractivity contribution < 1.29 is 13.9 Å². The number of fused-ring (bicyclic) bond motifs is 1. The van der Waals surface area contributed by atoms with Crippen LogP contribution in [0.15, 0.2) is 15.3 Å². The van der Waals surface area contributed by atoms with E-state index in [1.54, 1.807) is 6.92 Å². The first-order chi connectivity index (χ1) is 6.16. The summed E-state index contributed by atoms with van der Waals surface area (Å²) < 4.78 is 10.0. The molecule has 1 aromatic heterocycles. The molecule has 0 unspecified atom stereocenters. The number of esters is 1. The highest BCUT2D eigenvalue weighted by molar-refractivity contribution is 5.74. The fourth-order valence-electron chi connectivity index (χ4n) is 1.31. The zero-order valence-corrected chi connectivity index (χ0v) is 7.12. The van der Waals surface area contributed by atoms with Crippen molar-refractivity contribution in [1.82, 2.24) is 0 Å². The number of ether oxygens (including phenoxy) is 1. The summed E-state index contributed by atoms with van der Waals surface area (Å²) in [5, 5.41) is 0. The van der Waals surface area contributed by atoms with E-state index in [0.717, 1.165) is 0 Å². The maximum Gasteiger partial charge on any atom is 0.311 e. The molecule has 0 N–H and O–H groups in total. The molecule has 0 spiro atoms. The molecule has 0 aliphatic carbocycles. The Balaban J connectivity index is 2.59. The van der Waals surface area contributed by atoms with Crippen molar-refractivity contribution in [2.75, 3.05) is 0 Å². The summed E-state index contributed by atoms with van der Waals surface area (Å²) in [6.45, 7) is 1.69. The Kier molecular flexibility index (Phi) is 1.69. The molecule has 0 amide bonds. The minimum atomic E-state index is -0.372. The Labute approximate surface area is 74.1 Å². The fraction of sp³-hybridized carbons (Fsp3) is 0.333. The lowest BCUT2D eigenvalue weighted by Crippen LogP contribution is -2.21.